The number of hydrogen-bond acceptors (Lipinski definition) is 5. The van der Waals surface area contributed by atoms with E-state index in [9.17, 15) is 9.18 Å². The first-order chi connectivity index (χ1) is 12.0. The third kappa shape index (κ3) is 4.03. The minimum atomic E-state index is -0.471. The molecule has 0 aliphatic carbocycles. The Labute approximate surface area is 145 Å². The lowest BCUT2D eigenvalue weighted by Crippen LogP contribution is -2.12. The molecule has 0 atom stereocenters. The van der Waals surface area contributed by atoms with Gasteiger partial charge in [-0.1, -0.05) is 6.07 Å². The van der Waals surface area contributed by atoms with E-state index in [-0.39, 0.29) is 12.2 Å². The van der Waals surface area contributed by atoms with E-state index in [0.717, 1.165) is 5.56 Å². The number of hydrogen-bond donors (Lipinski definition) is 0. The number of benzene rings is 1. The summed E-state index contributed by atoms with van der Waals surface area (Å²) in [4.78, 5) is 26.4. The van der Waals surface area contributed by atoms with E-state index in [1.54, 1.807) is 42.7 Å². The Morgan fingerprint density at radius 2 is 1.84 bits per heavy atom. The highest BCUT2D eigenvalue weighted by Gasteiger charge is 2.13. The zero-order valence-electron chi connectivity index (χ0n) is 14.0. The molecule has 0 radical (unpaired) electrons. The molecule has 126 valence electrons. The van der Waals surface area contributed by atoms with E-state index in [1.165, 1.54) is 18.5 Å². The Bertz CT molecular complexity index is 882. The van der Waals surface area contributed by atoms with Crippen molar-refractivity contribution in [2.75, 3.05) is 11.9 Å². The number of carbonyl (C=O) groups excluding carboxylic acids is 1. The van der Waals surface area contributed by atoms with Gasteiger partial charge >= 0.3 is 0 Å². The molecule has 1 aromatic carbocycles. The van der Waals surface area contributed by atoms with Crippen LogP contribution in [0.3, 0.4) is 0 Å². The average Bonchev–Trinajstić information content (AvgIpc) is 2.63. The predicted octanol–water partition coefficient (Wildman–Crippen LogP) is 3.51. The van der Waals surface area contributed by atoms with Crippen molar-refractivity contribution < 1.29 is 9.18 Å². The Morgan fingerprint density at radius 3 is 2.52 bits per heavy atom. The quantitative estimate of drug-likeness (QED) is 0.667. The maximum absolute atomic E-state index is 14.0. The molecular weight excluding hydrogens is 319 g/mol. The van der Waals surface area contributed by atoms with Crippen molar-refractivity contribution in [3.05, 3.63) is 77.9 Å². The average molecular weight is 336 g/mol. The van der Waals surface area contributed by atoms with Gasteiger partial charge in [-0.15, -0.1) is 0 Å². The number of ketones is 1. The van der Waals surface area contributed by atoms with Crippen LogP contribution in [0, 0.1) is 12.7 Å². The molecule has 0 spiro atoms. The summed E-state index contributed by atoms with van der Waals surface area (Å²) in [6.07, 6.45) is 6.50. The van der Waals surface area contributed by atoms with E-state index in [4.69, 9.17) is 0 Å². The van der Waals surface area contributed by atoms with Gasteiger partial charge in [-0.05, 0) is 36.8 Å². The molecule has 0 aliphatic rings. The number of pyridine rings is 1. The van der Waals surface area contributed by atoms with Crippen LogP contribution in [-0.2, 0) is 6.42 Å². The summed E-state index contributed by atoms with van der Waals surface area (Å²) in [5, 5.41) is 0. The van der Waals surface area contributed by atoms with Gasteiger partial charge < -0.3 is 4.90 Å². The lowest BCUT2D eigenvalue weighted by atomic mass is 10.0. The molecule has 3 rings (SSSR count). The molecule has 0 saturated heterocycles. The first-order valence-electron chi connectivity index (χ1n) is 7.77. The largest absolute Gasteiger partial charge is 0.342 e. The standard InChI is InChI=1S/C19H17FN4O/c1-13-3-4-16(23-9-13)8-19(25)14-5-15(20)7-17(6-14)24(2)18-10-21-12-22-11-18/h3-7,9-12H,8H2,1-2H3. The third-order valence-electron chi connectivity index (χ3n) is 3.84. The van der Waals surface area contributed by atoms with Crippen molar-refractivity contribution in [2.45, 2.75) is 13.3 Å². The molecule has 2 aromatic heterocycles. The molecule has 5 nitrogen and oxygen atoms in total. The van der Waals surface area contributed by atoms with Gasteiger partial charge in [0.1, 0.15) is 12.1 Å². The van der Waals surface area contributed by atoms with Crippen LogP contribution in [0.25, 0.3) is 0 Å². The van der Waals surface area contributed by atoms with Gasteiger partial charge in [-0.2, -0.15) is 0 Å². The van der Waals surface area contributed by atoms with E-state index in [1.807, 2.05) is 13.0 Å². The molecule has 0 N–H and O–H groups in total. The van der Waals surface area contributed by atoms with Crippen molar-refractivity contribution in [3.63, 3.8) is 0 Å². The highest BCUT2D eigenvalue weighted by molar-refractivity contribution is 5.98. The summed E-state index contributed by atoms with van der Waals surface area (Å²) < 4.78 is 14.0. The van der Waals surface area contributed by atoms with Crippen LogP contribution >= 0.6 is 0 Å². The Kier molecular flexibility index (Phi) is 4.79. The first-order valence-corrected chi connectivity index (χ1v) is 7.77. The molecule has 2 heterocycles. The van der Waals surface area contributed by atoms with Crippen LogP contribution < -0.4 is 4.90 Å². The minimum Gasteiger partial charge on any atom is -0.342 e. The molecule has 0 aliphatic heterocycles. The zero-order chi connectivity index (χ0) is 17.8. The third-order valence-corrected chi connectivity index (χ3v) is 3.84. The van der Waals surface area contributed by atoms with Crippen LogP contribution in [0.1, 0.15) is 21.6 Å². The number of halogens is 1. The fourth-order valence-corrected chi connectivity index (χ4v) is 2.41. The van der Waals surface area contributed by atoms with Gasteiger partial charge in [0.25, 0.3) is 0 Å². The number of nitrogens with zero attached hydrogens (tertiary/aromatic N) is 4. The molecule has 25 heavy (non-hydrogen) atoms. The summed E-state index contributed by atoms with van der Waals surface area (Å²) in [7, 11) is 1.77. The van der Waals surface area contributed by atoms with Gasteiger partial charge in [0, 0.05) is 30.2 Å². The number of aryl methyl sites for hydroxylation is 1. The van der Waals surface area contributed by atoms with Gasteiger partial charge in [0.15, 0.2) is 5.78 Å². The van der Waals surface area contributed by atoms with Crippen molar-refractivity contribution in [1.82, 2.24) is 15.0 Å². The van der Waals surface area contributed by atoms with Gasteiger partial charge in [-0.25, -0.2) is 14.4 Å². The lowest BCUT2D eigenvalue weighted by molar-refractivity contribution is 0.0991. The fraction of sp³-hybridized carbons (Fsp3) is 0.158. The zero-order valence-corrected chi connectivity index (χ0v) is 14.0. The van der Waals surface area contributed by atoms with Crippen LogP contribution in [0.5, 0.6) is 0 Å². The van der Waals surface area contributed by atoms with Crippen LogP contribution in [0.2, 0.25) is 0 Å². The van der Waals surface area contributed by atoms with Crippen molar-refractivity contribution in [1.29, 1.82) is 0 Å². The maximum Gasteiger partial charge on any atom is 0.168 e. The molecule has 0 unspecified atom stereocenters. The van der Waals surface area contributed by atoms with Crippen LogP contribution in [0.15, 0.2) is 55.2 Å². The lowest BCUT2D eigenvalue weighted by Gasteiger charge is -2.19. The predicted molar refractivity (Wildman–Crippen MR) is 93.5 cm³/mol. The maximum atomic E-state index is 14.0. The molecule has 0 bridgehead atoms. The van der Waals surface area contributed by atoms with Crippen molar-refractivity contribution in [2.24, 2.45) is 0 Å². The fourth-order valence-electron chi connectivity index (χ4n) is 2.41. The van der Waals surface area contributed by atoms with Gasteiger partial charge in [0.2, 0.25) is 0 Å². The molecule has 0 fully saturated rings. The summed E-state index contributed by atoms with van der Waals surface area (Å²) in [6, 6.07) is 7.98. The van der Waals surface area contributed by atoms with E-state index in [0.29, 0.717) is 22.6 Å². The summed E-state index contributed by atoms with van der Waals surface area (Å²) in [5.74, 6) is -0.656. The molecule has 0 amide bonds. The van der Waals surface area contributed by atoms with Crippen LogP contribution in [-0.4, -0.2) is 27.8 Å². The minimum absolute atomic E-state index is 0.126. The van der Waals surface area contributed by atoms with Gasteiger partial charge in [0.05, 0.1) is 24.5 Å². The Balaban J connectivity index is 1.86. The topological polar surface area (TPSA) is 59.0 Å². The second-order valence-corrected chi connectivity index (χ2v) is 5.78. The highest BCUT2D eigenvalue weighted by Crippen LogP contribution is 2.25. The number of Topliss-reactive ketones (excluding diaryl/α,β-unsaturated/α-hetero) is 1. The Morgan fingerprint density at radius 1 is 1.08 bits per heavy atom. The monoisotopic (exact) mass is 336 g/mol. The summed E-state index contributed by atoms with van der Waals surface area (Å²) in [6.45, 7) is 1.93. The van der Waals surface area contributed by atoms with Crippen LogP contribution in [0.4, 0.5) is 15.8 Å². The SMILES string of the molecule is Cc1ccc(CC(=O)c2cc(F)cc(N(C)c3cncnc3)c2)nc1. The van der Waals surface area contributed by atoms with E-state index >= 15 is 0 Å². The smallest absolute Gasteiger partial charge is 0.168 e. The second kappa shape index (κ2) is 7.17. The number of rotatable bonds is 5. The number of anilines is 2. The summed E-state index contributed by atoms with van der Waals surface area (Å²) >= 11 is 0. The number of carbonyl (C=O) groups is 1. The summed E-state index contributed by atoms with van der Waals surface area (Å²) in [5.41, 5.74) is 3.24. The first kappa shape index (κ1) is 16.7. The molecule has 6 heteroatoms. The molecule has 0 saturated carbocycles. The number of aromatic nitrogens is 3. The molecule has 3 aromatic rings. The van der Waals surface area contributed by atoms with E-state index in [2.05, 4.69) is 15.0 Å². The Hall–Kier alpha value is -3.15. The second-order valence-electron chi connectivity index (χ2n) is 5.78. The van der Waals surface area contributed by atoms with Gasteiger partial charge in [-0.3, -0.25) is 9.78 Å². The van der Waals surface area contributed by atoms with Crippen molar-refractivity contribution in [3.8, 4) is 0 Å². The van der Waals surface area contributed by atoms with Crippen molar-refractivity contribution >= 4 is 17.2 Å². The molecular formula is C19H17FN4O. The highest BCUT2D eigenvalue weighted by atomic mass is 19.1. The van der Waals surface area contributed by atoms with E-state index < -0.39 is 5.82 Å². The normalized spacial score (nSPS) is 10.5.